The molecule has 8 nitrogen and oxygen atoms in total. The van der Waals surface area contributed by atoms with E-state index in [9.17, 15) is 4.79 Å². The van der Waals surface area contributed by atoms with Gasteiger partial charge >= 0.3 is 6.01 Å². The minimum atomic E-state index is -0.589. The molecule has 154 valence electrons. The van der Waals surface area contributed by atoms with Gasteiger partial charge in [-0.25, -0.2) is 0 Å². The zero-order chi connectivity index (χ0) is 20.1. The molecule has 4 rings (SSSR count). The first-order valence-corrected chi connectivity index (χ1v) is 10.2. The molecule has 2 saturated heterocycles. The molecule has 0 saturated carbocycles. The molecule has 3 heterocycles. The summed E-state index contributed by atoms with van der Waals surface area (Å²) >= 11 is 0. The number of nitrogens with zero attached hydrogens (tertiary/aromatic N) is 4. The molecule has 2 aliphatic rings. The number of benzene rings is 1. The predicted molar refractivity (Wildman–Crippen MR) is 108 cm³/mol. The van der Waals surface area contributed by atoms with E-state index in [2.05, 4.69) is 25.2 Å². The van der Waals surface area contributed by atoms with Crippen LogP contribution in [-0.2, 0) is 21.5 Å². The molecule has 1 amide bonds. The van der Waals surface area contributed by atoms with Crippen LogP contribution in [0.1, 0.15) is 37.1 Å². The number of carbonyl (C=O) groups is 1. The van der Waals surface area contributed by atoms with E-state index in [0.29, 0.717) is 37.8 Å². The number of hydrogen-bond acceptors (Lipinski definition) is 7. The van der Waals surface area contributed by atoms with Gasteiger partial charge in [-0.15, -0.1) is 0 Å². The van der Waals surface area contributed by atoms with Crippen LogP contribution in [0.2, 0.25) is 0 Å². The van der Waals surface area contributed by atoms with Crippen molar-refractivity contribution in [1.82, 2.24) is 20.3 Å². The molecule has 0 spiro atoms. The van der Waals surface area contributed by atoms with Crippen molar-refractivity contribution < 1.29 is 14.3 Å². The third kappa shape index (κ3) is 4.17. The van der Waals surface area contributed by atoms with Gasteiger partial charge in [-0.2, -0.15) is 15.0 Å². The fourth-order valence-corrected chi connectivity index (χ4v) is 4.07. The van der Waals surface area contributed by atoms with Crippen molar-refractivity contribution in [2.75, 3.05) is 38.3 Å². The Kier molecular flexibility index (Phi) is 5.89. The Morgan fingerprint density at radius 2 is 1.86 bits per heavy atom. The molecule has 2 aliphatic heterocycles. The monoisotopic (exact) mass is 397 g/mol. The summed E-state index contributed by atoms with van der Waals surface area (Å²) in [6.45, 7) is 3.22. The molecule has 0 radical (unpaired) electrons. The van der Waals surface area contributed by atoms with Crippen molar-refractivity contribution in [3.05, 3.63) is 41.7 Å². The van der Waals surface area contributed by atoms with Crippen molar-refractivity contribution in [3.8, 4) is 6.01 Å². The van der Waals surface area contributed by atoms with Gasteiger partial charge in [-0.1, -0.05) is 30.3 Å². The van der Waals surface area contributed by atoms with Gasteiger partial charge in [-0.05, 0) is 31.2 Å². The Labute approximate surface area is 170 Å². The Balaban J connectivity index is 1.53. The third-order valence-electron chi connectivity index (χ3n) is 5.74. The zero-order valence-electron chi connectivity index (χ0n) is 16.8. The number of carbonyl (C=O) groups excluding carboxylic acids is 1. The number of ether oxygens (including phenoxy) is 2. The zero-order valence-corrected chi connectivity index (χ0v) is 16.8. The Bertz CT molecular complexity index is 833. The summed E-state index contributed by atoms with van der Waals surface area (Å²) in [6.07, 6.45) is 3.56. The minimum Gasteiger partial charge on any atom is -0.467 e. The standard InChI is InChI=1S/C21H27N5O3/c1-28-20-24-17(23-19(25-20)26-11-5-6-12-26)15-22-18(27)21(9-13-29-14-10-21)16-7-3-2-4-8-16/h2-4,7-8H,5-6,9-15H2,1H3,(H,22,27). The number of nitrogens with one attached hydrogen (secondary N) is 1. The van der Waals surface area contributed by atoms with Gasteiger partial charge in [-0.3, -0.25) is 4.79 Å². The second kappa shape index (κ2) is 8.73. The van der Waals surface area contributed by atoms with E-state index in [4.69, 9.17) is 9.47 Å². The topological polar surface area (TPSA) is 89.5 Å². The van der Waals surface area contributed by atoms with Crippen LogP contribution in [0.3, 0.4) is 0 Å². The van der Waals surface area contributed by atoms with Gasteiger partial charge < -0.3 is 19.7 Å². The molecule has 0 aliphatic carbocycles. The van der Waals surface area contributed by atoms with E-state index in [1.165, 1.54) is 7.11 Å². The lowest BCUT2D eigenvalue weighted by Gasteiger charge is -2.36. The number of amides is 1. The molecule has 2 fully saturated rings. The van der Waals surface area contributed by atoms with E-state index in [1.54, 1.807) is 0 Å². The van der Waals surface area contributed by atoms with Crippen molar-refractivity contribution in [2.45, 2.75) is 37.6 Å². The lowest BCUT2D eigenvalue weighted by Crippen LogP contribution is -2.48. The number of rotatable bonds is 6. The van der Waals surface area contributed by atoms with Crippen LogP contribution in [0.15, 0.2) is 30.3 Å². The van der Waals surface area contributed by atoms with Gasteiger partial charge in [0.2, 0.25) is 11.9 Å². The van der Waals surface area contributed by atoms with E-state index in [0.717, 1.165) is 31.5 Å². The molecule has 29 heavy (non-hydrogen) atoms. The smallest absolute Gasteiger partial charge is 0.321 e. The Hall–Kier alpha value is -2.74. The van der Waals surface area contributed by atoms with E-state index in [1.807, 2.05) is 30.3 Å². The average molecular weight is 397 g/mol. The van der Waals surface area contributed by atoms with Crippen LogP contribution in [0.5, 0.6) is 6.01 Å². The minimum absolute atomic E-state index is 0.0194. The van der Waals surface area contributed by atoms with Crippen molar-refractivity contribution in [3.63, 3.8) is 0 Å². The largest absolute Gasteiger partial charge is 0.467 e. The fourth-order valence-electron chi connectivity index (χ4n) is 4.07. The first-order valence-electron chi connectivity index (χ1n) is 10.2. The lowest BCUT2D eigenvalue weighted by molar-refractivity contribution is -0.130. The van der Waals surface area contributed by atoms with Crippen LogP contribution in [0, 0.1) is 0 Å². The summed E-state index contributed by atoms with van der Waals surface area (Å²) in [5.41, 5.74) is 0.431. The predicted octanol–water partition coefficient (Wildman–Crippen LogP) is 1.84. The third-order valence-corrected chi connectivity index (χ3v) is 5.74. The number of hydrogen-bond donors (Lipinski definition) is 1. The highest BCUT2D eigenvalue weighted by molar-refractivity contribution is 5.88. The Morgan fingerprint density at radius 1 is 1.14 bits per heavy atom. The SMILES string of the molecule is COc1nc(CNC(=O)C2(c3ccccc3)CCOCC2)nc(N2CCCC2)n1. The van der Waals surface area contributed by atoms with Gasteiger partial charge in [0.05, 0.1) is 19.1 Å². The maximum atomic E-state index is 13.3. The summed E-state index contributed by atoms with van der Waals surface area (Å²) in [5, 5.41) is 3.06. The summed E-state index contributed by atoms with van der Waals surface area (Å²) in [5.74, 6) is 1.10. The molecule has 0 atom stereocenters. The fraction of sp³-hybridized carbons (Fsp3) is 0.524. The van der Waals surface area contributed by atoms with Crippen LogP contribution in [0.4, 0.5) is 5.95 Å². The second-order valence-corrected chi connectivity index (χ2v) is 7.48. The highest BCUT2D eigenvalue weighted by Crippen LogP contribution is 2.35. The molecule has 1 aromatic carbocycles. The number of aromatic nitrogens is 3. The highest BCUT2D eigenvalue weighted by Gasteiger charge is 2.41. The van der Waals surface area contributed by atoms with Crippen molar-refractivity contribution in [2.24, 2.45) is 0 Å². The molecule has 2 aromatic rings. The highest BCUT2D eigenvalue weighted by atomic mass is 16.5. The molecule has 8 heteroatoms. The summed E-state index contributed by atoms with van der Waals surface area (Å²) in [7, 11) is 1.54. The van der Waals surface area contributed by atoms with Gasteiger partial charge in [0.15, 0.2) is 5.82 Å². The van der Waals surface area contributed by atoms with Gasteiger partial charge in [0, 0.05) is 26.3 Å². The first-order chi connectivity index (χ1) is 14.2. The van der Waals surface area contributed by atoms with Crippen LogP contribution in [0.25, 0.3) is 0 Å². The second-order valence-electron chi connectivity index (χ2n) is 7.48. The summed E-state index contributed by atoms with van der Waals surface area (Å²) in [4.78, 5) is 28.7. The van der Waals surface area contributed by atoms with E-state index in [-0.39, 0.29) is 18.5 Å². The molecular formula is C21H27N5O3. The van der Waals surface area contributed by atoms with Gasteiger partial charge in [0.1, 0.15) is 0 Å². The molecular weight excluding hydrogens is 370 g/mol. The van der Waals surface area contributed by atoms with Crippen LogP contribution < -0.4 is 15.0 Å². The van der Waals surface area contributed by atoms with Crippen molar-refractivity contribution in [1.29, 1.82) is 0 Å². The molecule has 1 N–H and O–H groups in total. The quantitative estimate of drug-likeness (QED) is 0.795. The van der Waals surface area contributed by atoms with Crippen LogP contribution in [-0.4, -0.2) is 54.3 Å². The summed E-state index contributed by atoms with van der Waals surface area (Å²) in [6, 6.07) is 10.2. The number of methoxy groups -OCH3 is 1. The molecule has 1 aromatic heterocycles. The molecule has 0 unspecified atom stereocenters. The van der Waals surface area contributed by atoms with Gasteiger partial charge in [0.25, 0.3) is 0 Å². The lowest BCUT2D eigenvalue weighted by atomic mass is 9.73. The Morgan fingerprint density at radius 3 is 2.55 bits per heavy atom. The van der Waals surface area contributed by atoms with E-state index >= 15 is 0 Å². The number of anilines is 1. The van der Waals surface area contributed by atoms with E-state index < -0.39 is 5.41 Å². The average Bonchev–Trinajstić information content (AvgIpc) is 3.33. The first kappa shape index (κ1) is 19.6. The van der Waals surface area contributed by atoms with Crippen molar-refractivity contribution >= 4 is 11.9 Å². The van der Waals surface area contributed by atoms with Crippen LogP contribution >= 0.6 is 0 Å². The maximum Gasteiger partial charge on any atom is 0.321 e. The molecule has 0 bridgehead atoms. The normalized spacial score (nSPS) is 18.4. The summed E-state index contributed by atoms with van der Waals surface area (Å²) < 4.78 is 10.8. The maximum absolute atomic E-state index is 13.3.